The summed E-state index contributed by atoms with van der Waals surface area (Å²) in [5.41, 5.74) is -0.829. The van der Waals surface area contributed by atoms with Gasteiger partial charge in [-0.05, 0) is 25.1 Å². The maximum absolute atomic E-state index is 13.0. The van der Waals surface area contributed by atoms with Crippen LogP contribution in [0.4, 0.5) is 17.6 Å². The van der Waals surface area contributed by atoms with Crippen molar-refractivity contribution in [2.24, 2.45) is 0 Å². The van der Waals surface area contributed by atoms with Crippen LogP contribution in [0.1, 0.15) is 22.8 Å². The smallest absolute Gasteiger partial charge is 0.419 e. The number of pyridine rings is 1. The lowest BCUT2D eigenvalue weighted by atomic mass is 10.2. The molecule has 1 N–H and O–H groups in total. The van der Waals surface area contributed by atoms with Crippen molar-refractivity contribution in [3.8, 4) is 5.75 Å². The largest absolute Gasteiger partial charge is 0.491 e. The molecule has 8 heteroatoms. The van der Waals surface area contributed by atoms with Crippen LogP contribution in [0.5, 0.6) is 5.75 Å². The third kappa shape index (κ3) is 4.68. The standard InChI is InChI=1S/C16H14F4N2O2/c1-10(22-15(23)11-6-7-21-14(17)8-11)9-24-13-5-3-2-4-12(13)16(18,19)20/h2-8,10H,9H2,1H3,(H,22,23). The van der Waals surface area contributed by atoms with Gasteiger partial charge in [0.2, 0.25) is 5.95 Å². The highest BCUT2D eigenvalue weighted by atomic mass is 19.4. The van der Waals surface area contributed by atoms with E-state index in [4.69, 9.17) is 4.74 Å². The van der Waals surface area contributed by atoms with E-state index in [2.05, 4.69) is 10.3 Å². The monoisotopic (exact) mass is 342 g/mol. The summed E-state index contributed by atoms with van der Waals surface area (Å²) in [4.78, 5) is 15.2. The number of ether oxygens (including phenoxy) is 1. The van der Waals surface area contributed by atoms with Crippen molar-refractivity contribution in [1.82, 2.24) is 10.3 Å². The Morgan fingerprint density at radius 2 is 2.00 bits per heavy atom. The maximum atomic E-state index is 13.0. The summed E-state index contributed by atoms with van der Waals surface area (Å²) >= 11 is 0. The summed E-state index contributed by atoms with van der Waals surface area (Å²) < 4.78 is 56.7. The van der Waals surface area contributed by atoms with Gasteiger partial charge in [-0.15, -0.1) is 0 Å². The highest BCUT2D eigenvalue weighted by molar-refractivity contribution is 5.94. The second-order valence-electron chi connectivity index (χ2n) is 5.05. The first-order valence-corrected chi connectivity index (χ1v) is 6.99. The molecule has 0 spiro atoms. The van der Waals surface area contributed by atoms with Crippen LogP contribution in [-0.2, 0) is 6.18 Å². The molecule has 2 aromatic rings. The Morgan fingerprint density at radius 1 is 1.29 bits per heavy atom. The fourth-order valence-corrected chi connectivity index (χ4v) is 1.93. The topological polar surface area (TPSA) is 51.2 Å². The van der Waals surface area contributed by atoms with Gasteiger partial charge in [0.25, 0.3) is 5.91 Å². The van der Waals surface area contributed by atoms with Crippen LogP contribution in [-0.4, -0.2) is 23.5 Å². The van der Waals surface area contributed by atoms with Gasteiger partial charge in [-0.1, -0.05) is 12.1 Å². The minimum Gasteiger partial charge on any atom is -0.491 e. The minimum atomic E-state index is -4.53. The number of alkyl halides is 3. The molecule has 128 valence electrons. The Morgan fingerprint density at radius 3 is 2.67 bits per heavy atom. The molecule has 0 aliphatic heterocycles. The first-order valence-electron chi connectivity index (χ1n) is 6.99. The van der Waals surface area contributed by atoms with Gasteiger partial charge in [-0.3, -0.25) is 4.79 Å². The SMILES string of the molecule is CC(COc1ccccc1C(F)(F)F)NC(=O)c1ccnc(F)c1. The van der Waals surface area contributed by atoms with Crippen molar-refractivity contribution in [3.63, 3.8) is 0 Å². The zero-order valence-electron chi connectivity index (χ0n) is 12.6. The molecule has 2 rings (SSSR count). The first kappa shape index (κ1) is 17.7. The molecule has 1 aromatic heterocycles. The fourth-order valence-electron chi connectivity index (χ4n) is 1.93. The number of para-hydroxylation sites is 1. The Labute approximate surface area is 135 Å². The average molecular weight is 342 g/mol. The Balaban J connectivity index is 1.97. The predicted octanol–water partition coefficient (Wildman–Crippen LogP) is 3.44. The number of hydrogen-bond acceptors (Lipinski definition) is 3. The van der Waals surface area contributed by atoms with Crippen molar-refractivity contribution in [3.05, 3.63) is 59.7 Å². The zero-order valence-corrected chi connectivity index (χ0v) is 12.6. The summed E-state index contributed by atoms with van der Waals surface area (Å²) in [7, 11) is 0. The number of amides is 1. The lowest BCUT2D eigenvalue weighted by molar-refractivity contribution is -0.139. The van der Waals surface area contributed by atoms with Crippen molar-refractivity contribution in [2.75, 3.05) is 6.61 Å². The second kappa shape index (κ2) is 7.29. The summed E-state index contributed by atoms with van der Waals surface area (Å²) in [5.74, 6) is -1.69. The number of nitrogens with one attached hydrogen (secondary N) is 1. The molecule has 0 saturated heterocycles. The van der Waals surface area contributed by atoms with Crippen LogP contribution in [0.25, 0.3) is 0 Å². The van der Waals surface area contributed by atoms with Crippen LogP contribution >= 0.6 is 0 Å². The van der Waals surface area contributed by atoms with Crippen LogP contribution in [0.3, 0.4) is 0 Å². The van der Waals surface area contributed by atoms with Crippen molar-refractivity contribution in [2.45, 2.75) is 19.1 Å². The van der Waals surface area contributed by atoms with Crippen molar-refractivity contribution < 1.29 is 27.1 Å². The molecule has 1 amide bonds. The molecular weight excluding hydrogens is 328 g/mol. The third-order valence-corrected chi connectivity index (χ3v) is 3.05. The number of benzene rings is 1. The molecule has 1 unspecified atom stereocenters. The van der Waals surface area contributed by atoms with Gasteiger partial charge < -0.3 is 10.1 Å². The number of halogens is 4. The first-order chi connectivity index (χ1) is 11.3. The molecule has 1 atom stereocenters. The fraction of sp³-hybridized carbons (Fsp3) is 0.250. The van der Waals surface area contributed by atoms with E-state index >= 15 is 0 Å². The molecular formula is C16H14F4N2O2. The predicted molar refractivity (Wildman–Crippen MR) is 78.1 cm³/mol. The van der Waals surface area contributed by atoms with E-state index in [1.807, 2.05) is 0 Å². The van der Waals surface area contributed by atoms with E-state index in [-0.39, 0.29) is 17.9 Å². The summed E-state index contributed by atoms with van der Waals surface area (Å²) in [5, 5.41) is 2.51. The highest BCUT2D eigenvalue weighted by Crippen LogP contribution is 2.35. The number of carbonyl (C=O) groups is 1. The molecule has 0 saturated carbocycles. The normalized spacial score (nSPS) is 12.5. The summed E-state index contributed by atoms with van der Waals surface area (Å²) in [6.07, 6.45) is -3.39. The average Bonchev–Trinajstić information content (AvgIpc) is 2.52. The van der Waals surface area contributed by atoms with E-state index in [0.29, 0.717) is 0 Å². The number of carbonyl (C=O) groups excluding carboxylic acids is 1. The zero-order chi connectivity index (χ0) is 17.7. The Hall–Kier alpha value is -2.64. The number of nitrogens with zero attached hydrogens (tertiary/aromatic N) is 1. The van der Waals surface area contributed by atoms with Crippen LogP contribution < -0.4 is 10.1 Å². The van der Waals surface area contributed by atoms with E-state index in [1.54, 1.807) is 6.92 Å². The number of aromatic nitrogens is 1. The van der Waals surface area contributed by atoms with Gasteiger partial charge in [0.15, 0.2) is 0 Å². The van der Waals surface area contributed by atoms with Crippen molar-refractivity contribution in [1.29, 1.82) is 0 Å². The minimum absolute atomic E-state index is 0.0602. The summed E-state index contributed by atoms with van der Waals surface area (Å²) in [6, 6.07) is 6.50. The van der Waals surface area contributed by atoms with Gasteiger partial charge in [0, 0.05) is 17.8 Å². The lowest BCUT2D eigenvalue weighted by Crippen LogP contribution is -2.37. The second-order valence-corrected chi connectivity index (χ2v) is 5.05. The van der Waals surface area contributed by atoms with Gasteiger partial charge in [0.1, 0.15) is 12.4 Å². The molecule has 1 heterocycles. The summed E-state index contributed by atoms with van der Waals surface area (Å²) in [6.45, 7) is 1.39. The Kier molecular flexibility index (Phi) is 5.38. The molecule has 0 aliphatic rings. The third-order valence-electron chi connectivity index (χ3n) is 3.05. The molecule has 0 radical (unpaired) electrons. The van der Waals surface area contributed by atoms with Crippen LogP contribution in [0.2, 0.25) is 0 Å². The molecule has 0 fully saturated rings. The van der Waals surface area contributed by atoms with Gasteiger partial charge >= 0.3 is 6.18 Å². The van der Waals surface area contributed by atoms with E-state index in [1.165, 1.54) is 24.3 Å². The highest BCUT2D eigenvalue weighted by Gasteiger charge is 2.34. The van der Waals surface area contributed by atoms with Gasteiger partial charge in [0.05, 0.1) is 11.6 Å². The van der Waals surface area contributed by atoms with Gasteiger partial charge in [-0.2, -0.15) is 17.6 Å². The Bertz CT molecular complexity index is 719. The maximum Gasteiger partial charge on any atom is 0.419 e. The molecule has 0 bridgehead atoms. The van der Waals surface area contributed by atoms with E-state index in [0.717, 1.165) is 18.3 Å². The van der Waals surface area contributed by atoms with E-state index in [9.17, 15) is 22.4 Å². The van der Waals surface area contributed by atoms with Crippen LogP contribution in [0, 0.1) is 5.95 Å². The molecule has 0 aliphatic carbocycles. The number of rotatable bonds is 5. The van der Waals surface area contributed by atoms with Crippen molar-refractivity contribution >= 4 is 5.91 Å². The van der Waals surface area contributed by atoms with Crippen LogP contribution in [0.15, 0.2) is 42.6 Å². The van der Waals surface area contributed by atoms with Gasteiger partial charge in [-0.25, -0.2) is 4.98 Å². The molecule has 1 aromatic carbocycles. The number of hydrogen-bond donors (Lipinski definition) is 1. The molecule has 4 nitrogen and oxygen atoms in total. The molecule has 24 heavy (non-hydrogen) atoms. The lowest BCUT2D eigenvalue weighted by Gasteiger charge is -2.18. The quantitative estimate of drug-likeness (QED) is 0.669. The van der Waals surface area contributed by atoms with E-state index < -0.39 is 29.6 Å².